The third-order valence-electron chi connectivity index (χ3n) is 4.75. The summed E-state index contributed by atoms with van der Waals surface area (Å²) in [4.78, 5) is 12.2. The Morgan fingerprint density at radius 1 is 0.968 bits per heavy atom. The van der Waals surface area contributed by atoms with Gasteiger partial charge in [-0.3, -0.25) is 9.36 Å². The lowest BCUT2D eigenvalue weighted by Gasteiger charge is -2.15. The number of thioether (sulfide) groups is 1. The van der Waals surface area contributed by atoms with Gasteiger partial charge < -0.3 is 10.5 Å². The zero-order chi connectivity index (χ0) is 21.6. The predicted octanol–water partition coefficient (Wildman–Crippen LogP) is 4.47. The molecule has 1 aromatic heterocycles. The van der Waals surface area contributed by atoms with Crippen LogP contribution in [0.1, 0.15) is 22.2 Å². The summed E-state index contributed by atoms with van der Waals surface area (Å²) in [5.74, 6) is 0.989. The summed E-state index contributed by atoms with van der Waals surface area (Å²) in [6.45, 7) is 2.23. The van der Waals surface area contributed by atoms with Crippen LogP contribution in [0.5, 0.6) is 5.75 Å². The minimum Gasteiger partial charge on any atom is -0.485 e. The molecule has 31 heavy (non-hydrogen) atoms. The van der Waals surface area contributed by atoms with Crippen molar-refractivity contribution in [1.82, 2.24) is 14.8 Å². The monoisotopic (exact) mass is 430 g/mol. The second-order valence-electron chi connectivity index (χ2n) is 6.93. The lowest BCUT2D eigenvalue weighted by molar-refractivity contribution is -0.117. The van der Waals surface area contributed by atoms with Crippen LogP contribution in [0, 0.1) is 6.92 Å². The van der Waals surface area contributed by atoms with Crippen molar-refractivity contribution in [3.05, 3.63) is 102 Å². The van der Waals surface area contributed by atoms with Gasteiger partial charge in [-0.1, -0.05) is 78.5 Å². The van der Waals surface area contributed by atoms with E-state index in [4.69, 9.17) is 10.5 Å². The second kappa shape index (κ2) is 9.49. The number of para-hydroxylation sites is 2. The molecule has 156 valence electrons. The Kier molecular flexibility index (Phi) is 6.33. The van der Waals surface area contributed by atoms with Gasteiger partial charge in [-0.15, -0.1) is 10.2 Å². The molecule has 3 aromatic carbocycles. The molecule has 0 aliphatic heterocycles. The highest BCUT2D eigenvalue weighted by Crippen LogP contribution is 2.35. The standard InChI is InChI=1S/C24H22N4O2S/c1-17-10-8-9-15-20(17)30-16-21-26-27-24(28(21)19-13-6-3-7-14-19)31-22(23(25)29)18-11-4-2-5-12-18/h2-15,22H,16H2,1H3,(H2,25,29). The molecule has 2 N–H and O–H groups in total. The number of carbonyl (C=O) groups is 1. The molecule has 0 saturated heterocycles. The van der Waals surface area contributed by atoms with Crippen LogP contribution >= 0.6 is 11.8 Å². The van der Waals surface area contributed by atoms with Gasteiger partial charge >= 0.3 is 0 Å². The quantitative estimate of drug-likeness (QED) is 0.417. The molecule has 1 amide bonds. The van der Waals surface area contributed by atoms with Crippen molar-refractivity contribution >= 4 is 17.7 Å². The first-order valence-electron chi connectivity index (χ1n) is 9.82. The number of rotatable bonds is 8. The Labute approximate surface area is 185 Å². The maximum absolute atomic E-state index is 12.2. The van der Waals surface area contributed by atoms with Crippen LogP contribution in [-0.2, 0) is 11.4 Å². The number of nitrogens with zero attached hydrogens (tertiary/aromatic N) is 3. The van der Waals surface area contributed by atoms with Gasteiger partial charge in [0, 0.05) is 5.69 Å². The Balaban J connectivity index is 1.68. The van der Waals surface area contributed by atoms with Gasteiger partial charge in [0.2, 0.25) is 5.91 Å². The molecule has 1 heterocycles. The number of amides is 1. The van der Waals surface area contributed by atoms with Crippen molar-refractivity contribution in [3.63, 3.8) is 0 Å². The molecule has 6 nitrogen and oxygen atoms in total. The van der Waals surface area contributed by atoms with Crippen molar-refractivity contribution < 1.29 is 9.53 Å². The molecule has 4 rings (SSSR count). The topological polar surface area (TPSA) is 83.0 Å². The third kappa shape index (κ3) is 4.78. The highest BCUT2D eigenvalue weighted by Gasteiger charge is 2.24. The summed E-state index contributed by atoms with van der Waals surface area (Å²) in [6, 6.07) is 27.0. The van der Waals surface area contributed by atoms with Gasteiger partial charge in [-0.2, -0.15) is 0 Å². The normalized spacial score (nSPS) is 11.8. The van der Waals surface area contributed by atoms with Crippen LogP contribution < -0.4 is 10.5 Å². The molecule has 0 saturated carbocycles. The van der Waals surface area contributed by atoms with Crippen molar-refractivity contribution in [1.29, 1.82) is 0 Å². The smallest absolute Gasteiger partial charge is 0.235 e. The molecular weight excluding hydrogens is 408 g/mol. The van der Waals surface area contributed by atoms with Gasteiger partial charge in [0.1, 0.15) is 17.6 Å². The zero-order valence-electron chi connectivity index (χ0n) is 17.0. The number of hydrogen-bond donors (Lipinski definition) is 1. The molecule has 0 bridgehead atoms. The molecule has 1 atom stereocenters. The Morgan fingerprint density at radius 3 is 2.29 bits per heavy atom. The molecule has 7 heteroatoms. The van der Waals surface area contributed by atoms with E-state index in [1.807, 2.05) is 96.4 Å². The van der Waals surface area contributed by atoms with Crippen molar-refractivity contribution in [2.75, 3.05) is 0 Å². The Bertz CT molecular complexity index is 1160. The van der Waals surface area contributed by atoms with E-state index in [0.717, 1.165) is 22.6 Å². The summed E-state index contributed by atoms with van der Waals surface area (Å²) in [5, 5.41) is 8.71. The van der Waals surface area contributed by atoms with Crippen LogP contribution in [-0.4, -0.2) is 20.7 Å². The van der Waals surface area contributed by atoms with Gasteiger partial charge in [0.15, 0.2) is 11.0 Å². The summed E-state index contributed by atoms with van der Waals surface area (Å²) in [7, 11) is 0. The van der Waals surface area contributed by atoms with Crippen molar-refractivity contribution in [2.24, 2.45) is 5.73 Å². The number of aryl methyl sites for hydroxylation is 1. The molecular formula is C24H22N4O2S. The minimum absolute atomic E-state index is 0.236. The van der Waals surface area contributed by atoms with E-state index in [9.17, 15) is 4.79 Å². The highest BCUT2D eigenvalue weighted by molar-refractivity contribution is 8.00. The van der Waals surface area contributed by atoms with Gasteiger partial charge in [-0.25, -0.2) is 0 Å². The molecule has 0 radical (unpaired) electrons. The van der Waals surface area contributed by atoms with E-state index in [-0.39, 0.29) is 6.61 Å². The minimum atomic E-state index is -0.585. The fraction of sp³-hybridized carbons (Fsp3) is 0.125. The molecule has 1 unspecified atom stereocenters. The summed E-state index contributed by atoms with van der Waals surface area (Å²) in [5.41, 5.74) is 8.47. The van der Waals surface area contributed by atoms with E-state index in [0.29, 0.717) is 11.0 Å². The first-order valence-corrected chi connectivity index (χ1v) is 10.7. The average molecular weight is 431 g/mol. The first kappa shape index (κ1) is 20.7. The van der Waals surface area contributed by atoms with Crippen LogP contribution in [0.25, 0.3) is 5.69 Å². The fourth-order valence-corrected chi connectivity index (χ4v) is 4.22. The maximum Gasteiger partial charge on any atom is 0.235 e. The molecule has 4 aromatic rings. The van der Waals surface area contributed by atoms with E-state index in [1.165, 1.54) is 11.8 Å². The van der Waals surface area contributed by atoms with Crippen LogP contribution in [0.4, 0.5) is 0 Å². The molecule has 0 aliphatic rings. The summed E-state index contributed by atoms with van der Waals surface area (Å²) < 4.78 is 7.92. The molecule has 0 fully saturated rings. The predicted molar refractivity (Wildman–Crippen MR) is 121 cm³/mol. The van der Waals surface area contributed by atoms with Crippen LogP contribution in [0.3, 0.4) is 0 Å². The SMILES string of the molecule is Cc1ccccc1OCc1nnc(SC(C(N)=O)c2ccccc2)n1-c1ccccc1. The van der Waals surface area contributed by atoms with Crippen molar-refractivity contribution in [2.45, 2.75) is 23.9 Å². The number of nitrogens with two attached hydrogens (primary N) is 1. The molecule has 0 spiro atoms. The number of hydrogen-bond acceptors (Lipinski definition) is 5. The molecule has 0 aliphatic carbocycles. The number of carbonyl (C=O) groups excluding carboxylic acids is 1. The fourth-order valence-electron chi connectivity index (χ4n) is 3.19. The van der Waals surface area contributed by atoms with Gasteiger partial charge in [0.25, 0.3) is 0 Å². The van der Waals surface area contributed by atoms with E-state index in [1.54, 1.807) is 0 Å². The van der Waals surface area contributed by atoms with E-state index >= 15 is 0 Å². The number of primary amides is 1. The van der Waals surface area contributed by atoms with Crippen LogP contribution in [0.2, 0.25) is 0 Å². The third-order valence-corrected chi connectivity index (χ3v) is 5.96. The summed E-state index contributed by atoms with van der Waals surface area (Å²) >= 11 is 1.28. The summed E-state index contributed by atoms with van der Waals surface area (Å²) in [6.07, 6.45) is 0. The van der Waals surface area contributed by atoms with Gasteiger partial charge in [0.05, 0.1) is 0 Å². The van der Waals surface area contributed by atoms with Gasteiger partial charge in [-0.05, 0) is 36.2 Å². The average Bonchev–Trinajstić information content (AvgIpc) is 3.20. The number of benzene rings is 3. The van der Waals surface area contributed by atoms with Crippen molar-refractivity contribution in [3.8, 4) is 11.4 Å². The Hall–Kier alpha value is -3.58. The van der Waals surface area contributed by atoms with E-state index < -0.39 is 11.2 Å². The zero-order valence-corrected chi connectivity index (χ0v) is 17.8. The number of aromatic nitrogens is 3. The number of ether oxygens (including phenoxy) is 1. The van der Waals surface area contributed by atoms with E-state index in [2.05, 4.69) is 10.2 Å². The second-order valence-corrected chi connectivity index (χ2v) is 8.01. The lowest BCUT2D eigenvalue weighted by atomic mass is 10.1. The largest absolute Gasteiger partial charge is 0.485 e. The maximum atomic E-state index is 12.2. The van der Waals surface area contributed by atoms with Crippen LogP contribution in [0.15, 0.2) is 90.1 Å². The first-order chi connectivity index (χ1) is 15.1. The Morgan fingerprint density at radius 2 is 1.61 bits per heavy atom. The highest BCUT2D eigenvalue weighted by atomic mass is 32.2. The lowest BCUT2D eigenvalue weighted by Crippen LogP contribution is -2.19.